The van der Waals surface area contributed by atoms with Gasteiger partial charge in [0.25, 0.3) is 0 Å². The summed E-state index contributed by atoms with van der Waals surface area (Å²) >= 11 is 0. The number of rotatable bonds is 2. The number of aromatic amines is 1. The summed E-state index contributed by atoms with van der Waals surface area (Å²) in [7, 11) is 1.60. The third-order valence-corrected chi connectivity index (χ3v) is 3.05. The van der Waals surface area contributed by atoms with Gasteiger partial charge in [-0.05, 0) is 6.07 Å². The lowest BCUT2D eigenvalue weighted by atomic mass is 10.1. The molecule has 2 heterocycles. The number of hydrogen-bond acceptors (Lipinski definition) is 3. The van der Waals surface area contributed by atoms with Crippen molar-refractivity contribution in [1.29, 1.82) is 0 Å². The average Bonchev–Trinajstić information content (AvgIpc) is 2.76. The van der Waals surface area contributed by atoms with E-state index in [-0.39, 0.29) is 5.78 Å². The lowest BCUT2D eigenvalue weighted by molar-refractivity contribution is 0.101. The number of aromatic nitrogens is 2. The van der Waals surface area contributed by atoms with E-state index in [0.29, 0.717) is 11.4 Å². The molecule has 4 heteroatoms. The number of methoxy groups -OCH3 is 1. The van der Waals surface area contributed by atoms with Gasteiger partial charge in [-0.25, -0.2) is 4.98 Å². The molecule has 0 bridgehead atoms. The first-order valence-corrected chi connectivity index (χ1v) is 5.66. The van der Waals surface area contributed by atoms with Crippen LogP contribution >= 0.6 is 0 Å². The van der Waals surface area contributed by atoms with Crippen LogP contribution in [-0.2, 0) is 0 Å². The van der Waals surface area contributed by atoms with Crippen molar-refractivity contribution in [3.8, 4) is 5.75 Å². The fourth-order valence-corrected chi connectivity index (χ4v) is 2.25. The van der Waals surface area contributed by atoms with Crippen molar-refractivity contribution in [1.82, 2.24) is 9.97 Å². The SMILES string of the molecule is COc1cnc(C(C)=O)c2[nH]c3ccccc3c12. The highest BCUT2D eigenvalue weighted by molar-refractivity contribution is 6.16. The molecule has 1 aromatic carbocycles. The lowest BCUT2D eigenvalue weighted by Crippen LogP contribution is -1.99. The van der Waals surface area contributed by atoms with Gasteiger partial charge < -0.3 is 9.72 Å². The van der Waals surface area contributed by atoms with Crippen molar-refractivity contribution in [3.05, 3.63) is 36.2 Å². The van der Waals surface area contributed by atoms with Crippen molar-refractivity contribution in [3.63, 3.8) is 0 Å². The van der Waals surface area contributed by atoms with Crippen LogP contribution in [0.25, 0.3) is 21.8 Å². The van der Waals surface area contributed by atoms with E-state index in [2.05, 4.69) is 9.97 Å². The number of Topliss-reactive ketones (excluding diaryl/α,β-unsaturated/α-hetero) is 1. The largest absolute Gasteiger partial charge is 0.494 e. The average molecular weight is 240 g/mol. The van der Waals surface area contributed by atoms with Crippen molar-refractivity contribution >= 4 is 27.6 Å². The van der Waals surface area contributed by atoms with Gasteiger partial charge in [-0.2, -0.15) is 0 Å². The molecule has 3 aromatic rings. The number of carbonyl (C=O) groups excluding carboxylic acids is 1. The summed E-state index contributed by atoms with van der Waals surface area (Å²) in [6.45, 7) is 1.51. The third-order valence-electron chi connectivity index (χ3n) is 3.05. The van der Waals surface area contributed by atoms with E-state index >= 15 is 0 Å². The maximum Gasteiger partial charge on any atom is 0.180 e. The number of H-pyrrole nitrogens is 1. The molecule has 0 radical (unpaired) electrons. The van der Waals surface area contributed by atoms with Gasteiger partial charge in [0.1, 0.15) is 11.4 Å². The molecule has 0 aliphatic heterocycles. The van der Waals surface area contributed by atoms with Crippen molar-refractivity contribution in [2.24, 2.45) is 0 Å². The first-order valence-electron chi connectivity index (χ1n) is 5.66. The molecule has 0 saturated carbocycles. The Morgan fingerprint density at radius 3 is 2.83 bits per heavy atom. The Morgan fingerprint density at radius 1 is 1.33 bits per heavy atom. The Hall–Kier alpha value is -2.36. The summed E-state index contributed by atoms with van der Waals surface area (Å²) in [6.07, 6.45) is 1.60. The van der Waals surface area contributed by atoms with Crippen LogP contribution in [0.15, 0.2) is 30.5 Å². The topological polar surface area (TPSA) is 55.0 Å². The molecule has 90 valence electrons. The molecule has 0 unspecified atom stereocenters. The van der Waals surface area contributed by atoms with E-state index in [0.717, 1.165) is 21.8 Å². The molecular weight excluding hydrogens is 228 g/mol. The molecule has 0 fully saturated rings. The van der Waals surface area contributed by atoms with E-state index in [1.165, 1.54) is 6.92 Å². The molecule has 0 aliphatic rings. The number of nitrogens with one attached hydrogen (secondary N) is 1. The normalized spacial score (nSPS) is 11.0. The van der Waals surface area contributed by atoms with Gasteiger partial charge in [-0.3, -0.25) is 4.79 Å². The highest BCUT2D eigenvalue weighted by Crippen LogP contribution is 2.33. The van der Waals surface area contributed by atoms with E-state index < -0.39 is 0 Å². The Bertz CT molecular complexity index is 759. The summed E-state index contributed by atoms with van der Waals surface area (Å²) in [4.78, 5) is 19.0. The summed E-state index contributed by atoms with van der Waals surface area (Å²) in [5.74, 6) is 0.613. The second kappa shape index (κ2) is 3.84. The zero-order valence-electron chi connectivity index (χ0n) is 10.2. The fraction of sp³-hybridized carbons (Fsp3) is 0.143. The van der Waals surface area contributed by atoms with Gasteiger partial charge in [0.2, 0.25) is 0 Å². The number of fused-ring (bicyclic) bond motifs is 3. The van der Waals surface area contributed by atoms with E-state index in [9.17, 15) is 4.79 Å². The van der Waals surface area contributed by atoms with Crippen molar-refractivity contribution in [2.75, 3.05) is 7.11 Å². The number of benzene rings is 1. The maximum absolute atomic E-state index is 11.6. The molecule has 1 N–H and O–H groups in total. The minimum Gasteiger partial charge on any atom is -0.494 e. The molecule has 0 atom stereocenters. The van der Waals surface area contributed by atoms with Crippen molar-refractivity contribution in [2.45, 2.75) is 6.92 Å². The predicted octanol–water partition coefficient (Wildman–Crippen LogP) is 2.93. The summed E-state index contributed by atoms with van der Waals surface area (Å²) in [5.41, 5.74) is 2.16. The zero-order valence-corrected chi connectivity index (χ0v) is 10.2. The van der Waals surface area contributed by atoms with Crippen LogP contribution < -0.4 is 4.74 Å². The Labute approximate surface area is 104 Å². The van der Waals surface area contributed by atoms with Gasteiger partial charge in [0.15, 0.2) is 5.78 Å². The van der Waals surface area contributed by atoms with Crippen LogP contribution in [0.5, 0.6) is 5.75 Å². The molecule has 0 saturated heterocycles. The standard InChI is InChI=1S/C14H12N2O2/c1-8(17)13-14-12(11(18-2)7-15-13)9-5-3-4-6-10(9)16-14/h3-7,16H,1-2H3. The monoisotopic (exact) mass is 240 g/mol. The molecular formula is C14H12N2O2. The van der Waals surface area contributed by atoms with Crippen LogP contribution in [0.1, 0.15) is 17.4 Å². The third kappa shape index (κ3) is 1.39. The van der Waals surface area contributed by atoms with E-state index in [1.807, 2.05) is 24.3 Å². The molecule has 2 aromatic heterocycles. The van der Waals surface area contributed by atoms with Crippen molar-refractivity contribution < 1.29 is 9.53 Å². The first kappa shape index (κ1) is 10.8. The molecule has 3 rings (SSSR count). The lowest BCUT2D eigenvalue weighted by Gasteiger charge is -2.04. The number of nitrogens with zero attached hydrogens (tertiary/aromatic N) is 1. The fourth-order valence-electron chi connectivity index (χ4n) is 2.25. The first-order chi connectivity index (χ1) is 8.72. The highest BCUT2D eigenvalue weighted by atomic mass is 16.5. The number of pyridine rings is 1. The van der Waals surface area contributed by atoms with Crippen LogP contribution in [0.4, 0.5) is 0 Å². The van der Waals surface area contributed by atoms with Gasteiger partial charge in [0.05, 0.1) is 24.2 Å². The molecule has 0 spiro atoms. The highest BCUT2D eigenvalue weighted by Gasteiger charge is 2.16. The van der Waals surface area contributed by atoms with Gasteiger partial charge in [0, 0.05) is 17.8 Å². The molecule has 0 amide bonds. The van der Waals surface area contributed by atoms with E-state index in [1.54, 1.807) is 13.3 Å². The Balaban J connectivity index is 2.55. The van der Waals surface area contributed by atoms with Crippen LogP contribution in [0.2, 0.25) is 0 Å². The smallest absolute Gasteiger partial charge is 0.180 e. The second-order valence-corrected chi connectivity index (χ2v) is 4.15. The number of carbonyl (C=O) groups is 1. The quantitative estimate of drug-likeness (QED) is 0.701. The van der Waals surface area contributed by atoms with Crippen LogP contribution in [-0.4, -0.2) is 22.9 Å². The molecule has 18 heavy (non-hydrogen) atoms. The van der Waals surface area contributed by atoms with Gasteiger partial charge in [-0.15, -0.1) is 0 Å². The molecule has 0 aliphatic carbocycles. The minimum atomic E-state index is -0.0609. The second-order valence-electron chi connectivity index (χ2n) is 4.15. The Kier molecular flexibility index (Phi) is 2.30. The number of hydrogen-bond donors (Lipinski definition) is 1. The van der Waals surface area contributed by atoms with Crippen LogP contribution in [0, 0.1) is 0 Å². The van der Waals surface area contributed by atoms with E-state index in [4.69, 9.17) is 4.74 Å². The number of ether oxygens (including phenoxy) is 1. The van der Waals surface area contributed by atoms with Gasteiger partial charge >= 0.3 is 0 Å². The summed E-state index contributed by atoms with van der Waals surface area (Å²) in [5, 5.41) is 1.95. The summed E-state index contributed by atoms with van der Waals surface area (Å²) in [6, 6.07) is 7.88. The minimum absolute atomic E-state index is 0.0609. The molecule has 4 nitrogen and oxygen atoms in total. The van der Waals surface area contributed by atoms with Gasteiger partial charge in [-0.1, -0.05) is 18.2 Å². The number of ketones is 1. The van der Waals surface area contributed by atoms with Crippen LogP contribution in [0.3, 0.4) is 0 Å². The number of para-hydroxylation sites is 1. The predicted molar refractivity (Wildman–Crippen MR) is 70.2 cm³/mol. The summed E-state index contributed by atoms with van der Waals surface area (Å²) < 4.78 is 5.33. The maximum atomic E-state index is 11.6. The zero-order chi connectivity index (χ0) is 12.7. The Morgan fingerprint density at radius 2 is 2.11 bits per heavy atom.